The van der Waals surface area contributed by atoms with Crippen molar-refractivity contribution in [1.82, 2.24) is 0 Å². The SMILES string of the molecule is O=C(O)c1ccc(N2C(=O)/C(=C/c3cccc(Cl)c3)SC2=S)cc1O. The summed E-state index contributed by atoms with van der Waals surface area (Å²) in [5.41, 5.74) is 0.820. The van der Waals surface area contributed by atoms with E-state index in [1.807, 2.05) is 6.07 Å². The van der Waals surface area contributed by atoms with E-state index in [4.69, 9.17) is 28.9 Å². The third kappa shape index (κ3) is 3.53. The quantitative estimate of drug-likeness (QED) is 0.604. The van der Waals surface area contributed by atoms with Crippen LogP contribution in [-0.4, -0.2) is 26.4 Å². The summed E-state index contributed by atoms with van der Waals surface area (Å²) >= 11 is 12.3. The molecule has 0 saturated carbocycles. The number of hydrogen-bond acceptors (Lipinski definition) is 5. The van der Waals surface area contributed by atoms with Gasteiger partial charge in [0.1, 0.15) is 11.3 Å². The molecule has 0 atom stereocenters. The number of phenols is 1. The van der Waals surface area contributed by atoms with Crippen LogP contribution in [0.1, 0.15) is 15.9 Å². The van der Waals surface area contributed by atoms with Gasteiger partial charge in [0.15, 0.2) is 4.32 Å². The number of thioether (sulfide) groups is 1. The van der Waals surface area contributed by atoms with E-state index in [1.54, 1.807) is 24.3 Å². The van der Waals surface area contributed by atoms with Crippen molar-refractivity contribution < 1.29 is 19.8 Å². The summed E-state index contributed by atoms with van der Waals surface area (Å²) < 4.78 is 0.292. The number of halogens is 1. The Kier molecular flexibility index (Phi) is 4.80. The minimum Gasteiger partial charge on any atom is -0.507 e. The van der Waals surface area contributed by atoms with Gasteiger partial charge in [-0.3, -0.25) is 9.69 Å². The molecule has 0 spiro atoms. The van der Waals surface area contributed by atoms with E-state index in [2.05, 4.69) is 0 Å². The van der Waals surface area contributed by atoms with Crippen molar-refractivity contribution in [2.24, 2.45) is 0 Å². The molecule has 8 heteroatoms. The van der Waals surface area contributed by atoms with Crippen LogP contribution >= 0.6 is 35.6 Å². The van der Waals surface area contributed by atoms with Crippen molar-refractivity contribution in [1.29, 1.82) is 0 Å². The van der Waals surface area contributed by atoms with E-state index < -0.39 is 11.7 Å². The van der Waals surface area contributed by atoms with E-state index in [1.165, 1.54) is 23.1 Å². The zero-order valence-corrected chi connectivity index (χ0v) is 14.9. The van der Waals surface area contributed by atoms with Gasteiger partial charge >= 0.3 is 5.97 Å². The number of anilines is 1. The summed E-state index contributed by atoms with van der Waals surface area (Å²) in [5.74, 6) is -2.04. The molecule has 5 nitrogen and oxygen atoms in total. The van der Waals surface area contributed by atoms with Crippen molar-refractivity contribution in [3.05, 3.63) is 63.5 Å². The summed E-state index contributed by atoms with van der Waals surface area (Å²) in [6.45, 7) is 0. The zero-order valence-electron chi connectivity index (χ0n) is 12.5. The summed E-state index contributed by atoms with van der Waals surface area (Å²) in [6.07, 6.45) is 1.68. The lowest BCUT2D eigenvalue weighted by Crippen LogP contribution is -2.27. The van der Waals surface area contributed by atoms with Gasteiger partial charge in [0, 0.05) is 11.1 Å². The molecular weight excluding hydrogens is 382 g/mol. The highest BCUT2D eigenvalue weighted by Gasteiger charge is 2.33. The number of nitrogens with zero attached hydrogens (tertiary/aromatic N) is 1. The molecular formula is C17H10ClNO4S2. The first kappa shape index (κ1) is 17.5. The number of carbonyl (C=O) groups excluding carboxylic acids is 1. The molecule has 25 heavy (non-hydrogen) atoms. The number of carbonyl (C=O) groups is 2. The maximum Gasteiger partial charge on any atom is 0.339 e. The maximum atomic E-state index is 12.7. The number of thiocarbonyl (C=S) groups is 1. The molecule has 0 aromatic heterocycles. The Morgan fingerprint density at radius 3 is 2.64 bits per heavy atom. The topological polar surface area (TPSA) is 77.8 Å². The standard InChI is InChI=1S/C17H10ClNO4S2/c18-10-3-1-2-9(6-10)7-14-15(21)19(17(24)25-14)11-4-5-12(16(22)23)13(20)8-11/h1-8,20H,(H,22,23)/b14-7-. The van der Waals surface area contributed by atoms with Gasteiger partial charge < -0.3 is 10.2 Å². The fourth-order valence-corrected chi connectivity index (χ4v) is 3.78. The fraction of sp³-hybridized carbons (Fsp3) is 0. The Balaban J connectivity index is 1.94. The van der Waals surface area contributed by atoms with Crippen LogP contribution in [-0.2, 0) is 4.79 Å². The summed E-state index contributed by atoms with van der Waals surface area (Å²) in [6, 6.07) is 10.9. The van der Waals surface area contributed by atoms with Gasteiger partial charge in [-0.25, -0.2) is 4.79 Å². The molecule has 2 N–H and O–H groups in total. The number of aromatic carboxylic acids is 1. The number of aromatic hydroxyl groups is 1. The number of benzene rings is 2. The molecule has 0 aliphatic carbocycles. The van der Waals surface area contributed by atoms with E-state index in [9.17, 15) is 14.7 Å². The first-order valence-electron chi connectivity index (χ1n) is 6.96. The van der Waals surface area contributed by atoms with Gasteiger partial charge in [0.05, 0.1) is 10.6 Å². The summed E-state index contributed by atoms with van der Waals surface area (Å²) in [4.78, 5) is 25.3. The number of carboxylic acids is 1. The van der Waals surface area contributed by atoms with E-state index in [0.29, 0.717) is 19.9 Å². The average molecular weight is 392 g/mol. The average Bonchev–Trinajstić information content (AvgIpc) is 2.81. The molecule has 1 fully saturated rings. The van der Waals surface area contributed by atoms with Crippen LogP contribution in [0.4, 0.5) is 5.69 Å². The van der Waals surface area contributed by atoms with Gasteiger partial charge in [-0.2, -0.15) is 0 Å². The Hall–Kier alpha value is -2.35. The fourth-order valence-electron chi connectivity index (χ4n) is 2.28. The van der Waals surface area contributed by atoms with Gasteiger partial charge in [-0.15, -0.1) is 0 Å². The van der Waals surface area contributed by atoms with Crippen LogP contribution in [0.15, 0.2) is 47.4 Å². The predicted molar refractivity (Wildman–Crippen MR) is 102 cm³/mol. The van der Waals surface area contributed by atoms with Crippen molar-refractivity contribution in [2.45, 2.75) is 0 Å². The van der Waals surface area contributed by atoms with Crippen molar-refractivity contribution in [2.75, 3.05) is 4.90 Å². The Labute approximate surface area is 157 Å². The van der Waals surface area contributed by atoms with Crippen LogP contribution < -0.4 is 4.90 Å². The molecule has 0 bridgehead atoms. The number of amides is 1. The maximum absolute atomic E-state index is 12.7. The third-order valence-electron chi connectivity index (χ3n) is 3.41. The molecule has 1 saturated heterocycles. The normalized spacial score (nSPS) is 15.9. The second-order valence-electron chi connectivity index (χ2n) is 5.08. The molecule has 1 amide bonds. The Bertz CT molecular complexity index is 942. The Morgan fingerprint density at radius 2 is 2.00 bits per heavy atom. The van der Waals surface area contributed by atoms with Crippen molar-refractivity contribution in [3.8, 4) is 5.75 Å². The second kappa shape index (κ2) is 6.87. The molecule has 2 aromatic carbocycles. The first-order chi connectivity index (χ1) is 11.9. The van der Waals surface area contributed by atoms with Crippen LogP contribution in [0.3, 0.4) is 0 Å². The largest absolute Gasteiger partial charge is 0.507 e. The molecule has 0 radical (unpaired) electrons. The lowest BCUT2D eigenvalue weighted by atomic mass is 10.1. The smallest absolute Gasteiger partial charge is 0.339 e. The molecule has 1 heterocycles. The van der Waals surface area contributed by atoms with E-state index >= 15 is 0 Å². The number of carboxylic acid groups (broad SMARTS) is 1. The minimum atomic E-state index is -1.25. The van der Waals surface area contributed by atoms with Gasteiger partial charge in [-0.05, 0) is 35.9 Å². The molecule has 1 aliphatic rings. The molecule has 0 unspecified atom stereocenters. The number of rotatable bonds is 3. The summed E-state index contributed by atoms with van der Waals surface area (Å²) in [5, 5.41) is 19.3. The predicted octanol–water partition coefficient (Wildman–Crippen LogP) is 4.15. The molecule has 2 aromatic rings. The molecule has 3 rings (SSSR count). The van der Waals surface area contributed by atoms with Crippen molar-refractivity contribution in [3.63, 3.8) is 0 Å². The zero-order chi connectivity index (χ0) is 18.1. The lowest BCUT2D eigenvalue weighted by Gasteiger charge is -2.15. The van der Waals surface area contributed by atoms with Crippen LogP contribution in [0.25, 0.3) is 6.08 Å². The second-order valence-corrected chi connectivity index (χ2v) is 7.19. The highest BCUT2D eigenvalue weighted by molar-refractivity contribution is 8.27. The lowest BCUT2D eigenvalue weighted by molar-refractivity contribution is -0.113. The van der Waals surface area contributed by atoms with E-state index in [0.717, 1.165) is 17.3 Å². The van der Waals surface area contributed by atoms with E-state index in [-0.39, 0.29) is 11.5 Å². The van der Waals surface area contributed by atoms with Crippen molar-refractivity contribution >= 4 is 63.5 Å². The van der Waals surface area contributed by atoms with Gasteiger partial charge in [0.2, 0.25) is 0 Å². The first-order valence-corrected chi connectivity index (χ1v) is 8.57. The minimum absolute atomic E-state index is 0.247. The molecule has 1 aliphatic heterocycles. The Morgan fingerprint density at radius 1 is 1.24 bits per heavy atom. The highest BCUT2D eigenvalue weighted by Crippen LogP contribution is 2.37. The van der Waals surface area contributed by atoms with Crippen LogP contribution in [0.5, 0.6) is 5.75 Å². The third-order valence-corrected chi connectivity index (χ3v) is 4.95. The highest BCUT2D eigenvalue weighted by atomic mass is 35.5. The van der Waals surface area contributed by atoms with Crippen LogP contribution in [0, 0.1) is 0 Å². The molecule has 126 valence electrons. The monoisotopic (exact) mass is 391 g/mol. The summed E-state index contributed by atoms with van der Waals surface area (Å²) in [7, 11) is 0. The van der Waals surface area contributed by atoms with Gasteiger partial charge in [0.25, 0.3) is 5.91 Å². The number of hydrogen-bond donors (Lipinski definition) is 2. The van der Waals surface area contributed by atoms with Gasteiger partial charge in [-0.1, -0.05) is 47.7 Å². The van der Waals surface area contributed by atoms with Crippen LogP contribution in [0.2, 0.25) is 5.02 Å².